The molecule has 0 saturated heterocycles. The van der Waals surface area contributed by atoms with Gasteiger partial charge in [-0.1, -0.05) is 52.0 Å². The summed E-state index contributed by atoms with van der Waals surface area (Å²) >= 11 is 0. The number of allylic oxidation sites excluding steroid dienone is 5. The molecule has 0 radical (unpaired) electrons. The standard InChI is InChI=1S/C30H40O4/c1-18(22-12-11-20(3)27(33)34-22)9-8-10-19(2)26-21(31)17-24-29(6)16-14-25(32)28(4,5)23(29)13-15-30(24,26)7/h8-11,22-24H,12-17H2,1-7H3/b10-8+,18-9?,26-19+/t22-,23-,24+,29-,30-/m0/s1. The molecule has 184 valence electrons. The van der Waals surface area contributed by atoms with Crippen LogP contribution in [0.1, 0.15) is 87.0 Å². The molecule has 34 heavy (non-hydrogen) atoms. The third kappa shape index (κ3) is 3.78. The van der Waals surface area contributed by atoms with E-state index < -0.39 is 0 Å². The molecule has 4 aliphatic rings. The molecule has 1 aliphatic heterocycles. The number of fused-ring (bicyclic) bond motifs is 3. The lowest BCUT2D eigenvalue weighted by Gasteiger charge is -2.60. The number of ether oxygens (including phenoxy) is 1. The summed E-state index contributed by atoms with van der Waals surface area (Å²) in [5, 5.41) is 0. The molecule has 0 aromatic carbocycles. The van der Waals surface area contributed by atoms with Crippen LogP contribution in [0.3, 0.4) is 0 Å². The van der Waals surface area contributed by atoms with Crippen LogP contribution in [0.2, 0.25) is 0 Å². The molecule has 3 saturated carbocycles. The quantitative estimate of drug-likeness (QED) is 0.273. The second-order valence-electron chi connectivity index (χ2n) is 12.2. The Bertz CT molecular complexity index is 1050. The molecule has 0 N–H and O–H groups in total. The summed E-state index contributed by atoms with van der Waals surface area (Å²) in [6, 6.07) is 0. The maximum absolute atomic E-state index is 13.4. The first-order valence-electron chi connectivity index (χ1n) is 12.8. The third-order valence-electron chi connectivity index (χ3n) is 9.85. The normalized spacial score (nSPS) is 39.5. The Kier molecular flexibility index (Phi) is 6.19. The van der Waals surface area contributed by atoms with Crippen LogP contribution in [-0.2, 0) is 19.1 Å². The van der Waals surface area contributed by atoms with E-state index in [1.54, 1.807) is 6.92 Å². The fourth-order valence-electron chi connectivity index (χ4n) is 7.84. The van der Waals surface area contributed by atoms with Gasteiger partial charge in [0.05, 0.1) is 0 Å². The van der Waals surface area contributed by atoms with Crippen LogP contribution < -0.4 is 0 Å². The van der Waals surface area contributed by atoms with Crippen molar-refractivity contribution in [1.29, 1.82) is 0 Å². The SMILES string of the molecule is CC1=CC[C@@H](C(C)=C/C=C/C(C)=C2\C(=O)C[C@@H]3[C@@]4(C)CCC(=O)C(C)(C)[C@@H]4CC[C@]23C)OC1=O. The number of carbonyl (C=O) groups is 3. The minimum atomic E-state index is -0.308. The van der Waals surface area contributed by atoms with Crippen molar-refractivity contribution in [2.45, 2.75) is 93.1 Å². The van der Waals surface area contributed by atoms with Crippen LogP contribution >= 0.6 is 0 Å². The molecular formula is C30H40O4. The van der Waals surface area contributed by atoms with Gasteiger partial charge in [-0.3, -0.25) is 9.59 Å². The molecule has 1 heterocycles. The number of cyclic esters (lactones) is 1. The van der Waals surface area contributed by atoms with Gasteiger partial charge in [-0.2, -0.15) is 0 Å². The third-order valence-corrected chi connectivity index (χ3v) is 9.85. The zero-order chi connectivity index (χ0) is 25.1. The Balaban J connectivity index is 1.59. The number of rotatable bonds is 3. The summed E-state index contributed by atoms with van der Waals surface area (Å²) in [6.45, 7) is 14.7. The molecule has 4 heteroatoms. The average Bonchev–Trinajstić information content (AvgIpc) is 3.04. The van der Waals surface area contributed by atoms with Crippen LogP contribution in [0, 0.1) is 28.1 Å². The zero-order valence-corrected chi connectivity index (χ0v) is 21.9. The maximum atomic E-state index is 13.4. The number of hydrogen-bond acceptors (Lipinski definition) is 4. The summed E-state index contributed by atoms with van der Waals surface area (Å²) in [4.78, 5) is 38.0. The van der Waals surface area contributed by atoms with Crippen LogP contribution in [0.4, 0.5) is 0 Å². The van der Waals surface area contributed by atoms with Crippen LogP contribution in [0.25, 0.3) is 0 Å². The minimum Gasteiger partial charge on any atom is -0.454 e. The summed E-state index contributed by atoms with van der Waals surface area (Å²) < 4.78 is 5.51. The smallest absolute Gasteiger partial charge is 0.333 e. The molecule has 3 fully saturated rings. The minimum absolute atomic E-state index is 0.0127. The molecule has 5 atom stereocenters. The molecule has 4 nitrogen and oxygen atoms in total. The van der Waals surface area contributed by atoms with Gasteiger partial charge in [0.25, 0.3) is 0 Å². The fraction of sp³-hybridized carbons (Fsp3) is 0.633. The lowest BCUT2D eigenvalue weighted by Crippen LogP contribution is -2.56. The number of ketones is 2. The summed E-state index contributed by atoms with van der Waals surface area (Å²) in [5.41, 5.74) is 3.23. The van der Waals surface area contributed by atoms with E-state index in [1.807, 2.05) is 31.2 Å². The van der Waals surface area contributed by atoms with Gasteiger partial charge >= 0.3 is 5.97 Å². The van der Waals surface area contributed by atoms with Crippen molar-refractivity contribution in [1.82, 2.24) is 0 Å². The Labute approximate surface area is 204 Å². The molecule has 0 unspecified atom stereocenters. The first-order valence-corrected chi connectivity index (χ1v) is 12.8. The van der Waals surface area contributed by atoms with Crippen LogP contribution in [0.15, 0.2) is 46.6 Å². The predicted molar refractivity (Wildman–Crippen MR) is 134 cm³/mol. The van der Waals surface area contributed by atoms with Gasteiger partial charge in [0.15, 0.2) is 5.78 Å². The van der Waals surface area contributed by atoms with Gasteiger partial charge in [-0.15, -0.1) is 0 Å². The van der Waals surface area contributed by atoms with E-state index in [-0.39, 0.29) is 40.0 Å². The molecule has 0 bridgehead atoms. The number of carbonyl (C=O) groups excluding carboxylic acids is 3. The molecule has 3 aliphatic carbocycles. The van der Waals surface area contributed by atoms with Crippen molar-refractivity contribution >= 4 is 17.5 Å². The van der Waals surface area contributed by atoms with E-state index >= 15 is 0 Å². The van der Waals surface area contributed by atoms with E-state index in [9.17, 15) is 14.4 Å². The maximum Gasteiger partial charge on any atom is 0.333 e. The van der Waals surface area contributed by atoms with Gasteiger partial charge in [0.2, 0.25) is 0 Å². The van der Waals surface area contributed by atoms with E-state index in [4.69, 9.17) is 4.74 Å². The van der Waals surface area contributed by atoms with Crippen molar-refractivity contribution in [3.8, 4) is 0 Å². The topological polar surface area (TPSA) is 60.4 Å². The second-order valence-corrected chi connectivity index (χ2v) is 12.2. The Morgan fingerprint density at radius 3 is 2.44 bits per heavy atom. The highest BCUT2D eigenvalue weighted by molar-refractivity contribution is 6.01. The molecule has 0 spiro atoms. The highest BCUT2D eigenvalue weighted by Gasteiger charge is 2.64. The first-order chi connectivity index (χ1) is 15.8. The van der Waals surface area contributed by atoms with Gasteiger partial charge in [0, 0.05) is 41.2 Å². The Morgan fingerprint density at radius 1 is 1.06 bits per heavy atom. The summed E-state index contributed by atoms with van der Waals surface area (Å²) in [7, 11) is 0. The van der Waals surface area contributed by atoms with Gasteiger partial charge in [-0.25, -0.2) is 4.79 Å². The molecule has 0 aromatic heterocycles. The second kappa shape index (κ2) is 8.46. The van der Waals surface area contributed by atoms with Crippen LogP contribution in [-0.4, -0.2) is 23.6 Å². The zero-order valence-electron chi connectivity index (χ0n) is 21.9. The highest BCUT2D eigenvalue weighted by atomic mass is 16.5. The highest BCUT2D eigenvalue weighted by Crippen LogP contribution is 2.68. The predicted octanol–water partition coefficient (Wildman–Crippen LogP) is 6.47. The largest absolute Gasteiger partial charge is 0.454 e. The van der Waals surface area contributed by atoms with Gasteiger partial charge < -0.3 is 4.74 Å². The lowest BCUT2D eigenvalue weighted by molar-refractivity contribution is -0.154. The average molecular weight is 465 g/mol. The monoisotopic (exact) mass is 464 g/mol. The Hall–Kier alpha value is -2.23. The first kappa shape index (κ1) is 24.9. The molecular weight excluding hydrogens is 424 g/mol. The van der Waals surface area contributed by atoms with Crippen molar-refractivity contribution < 1.29 is 19.1 Å². The molecule has 0 aromatic rings. The van der Waals surface area contributed by atoms with E-state index in [2.05, 4.69) is 34.6 Å². The van der Waals surface area contributed by atoms with E-state index in [0.717, 1.165) is 36.0 Å². The Morgan fingerprint density at radius 2 is 1.76 bits per heavy atom. The van der Waals surface area contributed by atoms with Crippen molar-refractivity contribution in [2.75, 3.05) is 0 Å². The van der Waals surface area contributed by atoms with E-state index in [1.165, 1.54) is 0 Å². The summed E-state index contributed by atoms with van der Waals surface area (Å²) in [5.74, 6) is 1.02. The number of esters is 1. The lowest BCUT2D eigenvalue weighted by atomic mass is 9.43. The van der Waals surface area contributed by atoms with Crippen molar-refractivity contribution in [2.24, 2.45) is 28.1 Å². The molecule has 4 rings (SSSR count). The van der Waals surface area contributed by atoms with Crippen molar-refractivity contribution in [3.05, 3.63) is 46.6 Å². The number of Topliss-reactive ketones (excluding diaryl/α,β-unsaturated/α-hetero) is 2. The fourth-order valence-corrected chi connectivity index (χ4v) is 7.84. The van der Waals surface area contributed by atoms with Gasteiger partial charge in [-0.05, 0) is 68.4 Å². The van der Waals surface area contributed by atoms with Gasteiger partial charge in [0.1, 0.15) is 11.9 Å². The number of hydrogen-bond donors (Lipinski definition) is 0. The molecule has 0 amide bonds. The van der Waals surface area contributed by atoms with E-state index in [0.29, 0.717) is 36.5 Å². The van der Waals surface area contributed by atoms with Crippen LogP contribution in [0.5, 0.6) is 0 Å². The van der Waals surface area contributed by atoms with Crippen molar-refractivity contribution in [3.63, 3.8) is 0 Å². The summed E-state index contributed by atoms with van der Waals surface area (Å²) in [6.07, 6.45) is 12.5.